The lowest BCUT2D eigenvalue weighted by atomic mass is 10.1. The van der Waals surface area contributed by atoms with Crippen LogP contribution in [0.25, 0.3) is 11.0 Å². The number of fused-ring (bicyclic) bond motifs is 1. The van der Waals surface area contributed by atoms with Crippen LogP contribution in [0, 0.1) is 6.92 Å². The molecule has 0 spiro atoms. The fraction of sp³-hybridized carbons (Fsp3) is 0.538. The molecule has 2 N–H and O–H groups in total. The number of aromatic nitrogens is 3. The molecule has 2 aromatic rings. The highest BCUT2D eigenvalue weighted by atomic mass is 15.0. The maximum Gasteiger partial charge on any atom is 0.143 e. The normalized spacial score (nSPS) is 17.6. The zero-order valence-electron chi connectivity index (χ0n) is 10.4. The summed E-state index contributed by atoms with van der Waals surface area (Å²) < 4.78 is 2.08. The molecule has 4 nitrogen and oxygen atoms in total. The highest BCUT2D eigenvalue weighted by molar-refractivity contribution is 5.79. The van der Waals surface area contributed by atoms with E-state index in [4.69, 9.17) is 5.73 Å². The van der Waals surface area contributed by atoms with Crippen molar-refractivity contribution in [3.05, 3.63) is 23.8 Å². The van der Waals surface area contributed by atoms with Gasteiger partial charge in [-0.25, -0.2) is 9.97 Å². The predicted octanol–water partition coefficient (Wildman–Crippen LogP) is 1.70. The first-order valence-corrected chi connectivity index (χ1v) is 6.14. The Morgan fingerprint density at radius 2 is 2.24 bits per heavy atom. The van der Waals surface area contributed by atoms with Gasteiger partial charge in [0.1, 0.15) is 11.5 Å². The van der Waals surface area contributed by atoms with Gasteiger partial charge >= 0.3 is 0 Å². The molecule has 0 aliphatic heterocycles. The summed E-state index contributed by atoms with van der Waals surface area (Å²) in [6.45, 7) is 1.92. The van der Waals surface area contributed by atoms with Gasteiger partial charge in [-0.2, -0.15) is 0 Å². The maximum atomic E-state index is 6.13. The number of hydrogen-bond acceptors (Lipinski definition) is 3. The van der Waals surface area contributed by atoms with Gasteiger partial charge in [0, 0.05) is 30.4 Å². The molecular formula is C13H18N4. The third-order valence-corrected chi connectivity index (χ3v) is 3.70. The average Bonchev–Trinajstić information content (AvgIpc) is 2.95. The molecule has 0 atom stereocenters. The molecule has 2 heterocycles. The Morgan fingerprint density at radius 3 is 2.94 bits per heavy atom. The van der Waals surface area contributed by atoms with Crippen LogP contribution >= 0.6 is 0 Å². The number of nitrogens with zero attached hydrogens (tertiary/aromatic N) is 3. The number of hydrogen-bond donors (Lipinski definition) is 1. The van der Waals surface area contributed by atoms with Gasteiger partial charge in [-0.1, -0.05) is 0 Å². The number of rotatable bonds is 3. The van der Waals surface area contributed by atoms with E-state index in [0.29, 0.717) is 0 Å². The number of aryl methyl sites for hydroxylation is 3. The summed E-state index contributed by atoms with van der Waals surface area (Å²) in [5, 5.41) is 1.17. The third kappa shape index (κ3) is 1.93. The summed E-state index contributed by atoms with van der Waals surface area (Å²) >= 11 is 0. The highest BCUT2D eigenvalue weighted by Gasteiger charge is 2.37. The zero-order chi connectivity index (χ0) is 12.0. The topological polar surface area (TPSA) is 56.7 Å². The molecule has 0 aromatic carbocycles. The van der Waals surface area contributed by atoms with Crippen molar-refractivity contribution in [3.63, 3.8) is 0 Å². The van der Waals surface area contributed by atoms with Crippen LogP contribution in [0.4, 0.5) is 0 Å². The van der Waals surface area contributed by atoms with E-state index >= 15 is 0 Å². The van der Waals surface area contributed by atoms with Crippen LogP contribution in [0.2, 0.25) is 0 Å². The first-order valence-electron chi connectivity index (χ1n) is 6.14. The quantitative estimate of drug-likeness (QED) is 0.873. The van der Waals surface area contributed by atoms with E-state index in [2.05, 4.69) is 20.7 Å². The molecule has 2 aromatic heterocycles. The van der Waals surface area contributed by atoms with Crippen molar-refractivity contribution < 1.29 is 0 Å². The monoisotopic (exact) mass is 230 g/mol. The molecule has 1 aliphatic rings. The minimum atomic E-state index is 0.119. The lowest BCUT2D eigenvalue weighted by Crippen LogP contribution is -2.21. The summed E-state index contributed by atoms with van der Waals surface area (Å²) in [5.41, 5.74) is 8.59. The zero-order valence-corrected chi connectivity index (χ0v) is 10.4. The maximum absolute atomic E-state index is 6.13. The van der Waals surface area contributed by atoms with E-state index in [0.717, 1.165) is 24.3 Å². The third-order valence-electron chi connectivity index (χ3n) is 3.70. The van der Waals surface area contributed by atoms with Gasteiger partial charge in [-0.15, -0.1) is 0 Å². The van der Waals surface area contributed by atoms with Crippen molar-refractivity contribution in [2.45, 2.75) is 38.1 Å². The van der Waals surface area contributed by atoms with Crippen LogP contribution < -0.4 is 5.73 Å². The van der Waals surface area contributed by atoms with Crippen LogP contribution in [-0.4, -0.2) is 20.1 Å². The van der Waals surface area contributed by atoms with Gasteiger partial charge in [-0.05, 0) is 38.2 Å². The predicted molar refractivity (Wildman–Crippen MR) is 67.7 cm³/mol. The summed E-state index contributed by atoms with van der Waals surface area (Å²) in [6.07, 6.45) is 8.54. The lowest BCUT2D eigenvalue weighted by molar-refractivity contribution is 0.610. The fourth-order valence-electron chi connectivity index (χ4n) is 2.31. The smallest absolute Gasteiger partial charge is 0.143 e. The Morgan fingerprint density at radius 1 is 1.47 bits per heavy atom. The van der Waals surface area contributed by atoms with Gasteiger partial charge in [-0.3, -0.25) is 0 Å². The molecule has 0 radical (unpaired) electrons. The highest BCUT2D eigenvalue weighted by Crippen LogP contribution is 2.37. The first-order chi connectivity index (χ1) is 8.07. The van der Waals surface area contributed by atoms with Crippen molar-refractivity contribution in [1.29, 1.82) is 0 Å². The fourth-order valence-corrected chi connectivity index (χ4v) is 2.31. The second-order valence-electron chi connectivity index (χ2n) is 5.28. The van der Waals surface area contributed by atoms with Gasteiger partial charge in [0.25, 0.3) is 0 Å². The average molecular weight is 230 g/mol. The molecule has 0 unspecified atom stereocenters. The summed E-state index contributed by atoms with van der Waals surface area (Å²) in [7, 11) is 2.04. The van der Waals surface area contributed by atoms with Crippen molar-refractivity contribution in [2.75, 3.05) is 0 Å². The molecular weight excluding hydrogens is 212 g/mol. The van der Waals surface area contributed by atoms with Crippen LogP contribution in [0.1, 0.15) is 30.7 Å². The molecule has 3 rings (SSSR count). The van der Waals surface area contributed by atoms with Crippen molar-refractivity contribution in [3.8, 4) is 0 Å². The summed E-state index contributed by atoms with van der Waals surface area (Å²) in [5.74, 6) is 0.822. The molecule has 1 saturated carbocycles. The van der Waals surface area contributed by atoms with Gasteiger partial charge in [0.15, 0.2) is 0 Å². The molecule has 0 amide bonds. The minimum absolute atomic E-state index is 0.119. The van der Waals surface area contributed by atoms with Gasteiger partial charge < -0.3 is 10.3 Å². The van der Waals surface area contributed by atoms with E-state index in [1.165, 1.54) is 23.8 Å². The first kappa shape index (κ1) is 10.7. The summed E-state index contributed by atoms with van der Waals surface area (Å²) in [4.78, 5) is 8.76. The van der Waals surface area contributed by atoms with Gasteiger partial charge in [0.2, 0.25) is 0 Å². The number of nitrogens with two attached hydrogens (primary N) is 1. The van der Waals surface area contributed by atoms with Crippen molar-refractivity contribution >= 4 is 11.0 Å². The van der Waals surface area contributed by atoms with Crippen LogP contribution in [0.3, 0.4) is 0 Å². The second-order valence-corrected chi connectivity index (χ2v) is 5.28. The molecule has 1 fully saturated rings. The van der Waals surface area contributed by atoms with Crippen LogP contribution in [0.15, 0.2) is 12.4 Å². The van der Waals surface area contributed by atoms with Gasteiger partial charge in [0.05, 0.1) is 0 Å². The minimum Gasteiger partial charge on any atom is -0.335 e. The van der Waals surface area contributed by atoms with E-state index in [9.17, 15) is 0 Å². The standard InChI is InChI=1S/C13H18N4/c1-9-15-7-11-10(3-4-13(14)5-6-13)8-17(2)12(11)16-9/h7-8H,3-6,14H2,1-2H3. The second kappa shape index (κ2) is 3.53. The lowest BCUT2D eigenvalue weighted by Gasteiger charge is -2.06. The molecule has 0 saturated heterocycles. The Balaban J connectivity index is 1.93. The Hall–Kier alpha value is -1.42. The van der Waals surface area contributed by atoms with E-state index in [1.807, 2.05) is 20.2 Å². The molecule has 90 valence electrons. The van der Waals surface area contributed by atoms with E-state index < -0.39 is 0 Å². The van der Waals surface area contributed by atoms with Crippen LogP contribution in [0.5, 0.6) is 0 Å². The molecule has 1 aliphatic carbocycles. The van der Waals surface area contributed by atoms with E-state index in [1.54, 1.807) is 0 Å². The molecule has 0 bridgehead atoms. The SMILES string of the molecule is Cc1ncc2c(CCC3(N)CC3)cn(C)c2n1. The molecule has 4 heteroatoms. The van der Waals surface area contributed by atoms with Crippen LogP contribution in [-0.2, 0) is 13.5 Å². The largest absolute Gasteiger partial charge is 0.335 e. The Labute approximate surface area is 101 Å². The Bertz CT molecular complexity index is 566. The Kier molecular flexibility index (Phi) is 2.23. The van der Waals surface area contributed by atoms with Crippen molar-refractivity contribution in [2.24, 2.45) is 12.8 Å². The van der Waals surface area contributed by atoms with E-state index in [-0.39, 0.29) is 5.54 Å². The summed E-state index contributed by atoms with van der Waals surface area (Å²) in [6, 6.07) is 0. The molecule has 17 heavy (non-hydrogen) atoms. The van der Waals surface area contributed by atoms with Crippen molar-refractivity contribution in [1.82, 2.24) is 14.5 Å².